The molecule has 0 unspecified atom stereocenters. The van der Waals surface area contributed by atoms with E-state index in [1.807, 2.05) is 60.7 Å². The summed E-state index contributed by atoms with van der Waals surface area (Å²) in [5.41, 5.74) is 17.7. The molecule has 0 saturated carbocycles. The molecule has 0 spiro atoms. The van der Waals surface area contributed by atoms with Crippen LogP contribution in [-0.4, -0.2) is 38.5 Å². The molecule has 0 amide bonds. The molecule has 5 N–H and O–H groups in total. The molecular formula is C28H31N3O5. The van der Waals surface area contributed by atoms with Crippen molar-refractivity contribution in [2.75, 3.05) is 43.1 Å². The second kappa shape index (κ2) is 12.9. The SMILES string of the molecule is C=C(C)C(=O)OCCOC(=O)OCCNc1ccc(C(c2ccc(N)cc2)c2ccc(N)cc2)cc1. The van der Waals surface area contributed by atoms with Gasteiger partial charge in [0.2, 0.25) is 0 Å². The highest BCUT2D eigenvalue weighted by Crippen LogP contribution is 2.33. The fourth-order valence-corrected chi connectivity index (χ4v) is 3.50. The number of carbonyl (C=O) groups excluding carboxylic acids is 2. The quantitative estimate of drug-likeness (QED) is 0.116. The summed E-state index contributed by atoms with van der Waals surface area (Å²) in [7, 11) is 0. The minimum atomic E-state index is -0.826. The van der Waals surface area contributed by atoms with Crippen LogP contribution < -0.4 is 16.8 Å². The zero-order valence-corrected chi connectivity index (χ0v) is 20.2. The predicted molar refractivity (Wildman–Crippen MR) is 141 cm³/mol. The minimum Gasteiger partial charge on any atom is -0.459 e. The first-order valence-electron chi connectivity index (χ1n) is 11.5. The van der Waals surface area contributed by atoms with Gasteiger partial charge in [-0.05, 0) is 60.0 Å². The van der Waals surface area contributed by atoms with Crippen molar-refractivity contribution in [3.63, 3.8) is 0 Å². The molecule has 0 bridgehead atoms. The molecule has 0 heterocycles. The number of esters is 1. The molecule has 0 aromatic heterocycles. The smallest absolute Gasteiger partial charge is 0.459 e. The van der Waals surface area contributed by atoms with Crippen LogP contribution >= 0.6 is 0 Å². The van der Waals surface area contributed by atoms with Crippen molar-refractivity contribution < 1.29 is 23.8 Å². The Labute approximate surface area is 210 Å². The van der Waals surface area contributed by atoms with E-state index in [0.717, 1.165) is 22.4 Å². The van der Waals surface area contributed by atoms with Crippen LogP contribution in [0.5, 0.6) is 0 Å². The summed E-state index contributed by atoms with van der Waals surface area (Å²) in [6.45, 7) is 5.38. The largest absolute Gasteiger partial charge is 0.508 e. The van der Waals surface area contributed by atoms with E-state index in [2.05, 4.69) is 24.0 Å². The molecule has 3 aromatic carbocycles. The first kappa shape index (κ1) is 26.2. The van der Waals surface area contributed by atoms with Crippen LogP contribution in [0.1, 0.15) is 29.5 Å². The molecule has 188 valence electrons. The number of benzene rings is 3. The molecule has 3 aromatic rings. The first-order chi connectivity index (χ1) is 17.3. The molecule has 8 nitrogen and oxygen atoms in total. The van der Waals surface area contributed by atoms with Gasteiger partial charge in [-0.2, -0.15) is 0 Å². The number of nitrogen functional groups attached to an aromatic ring is 2. The Balaban J connectivity index is 1.51. The number of nitrogens with one attached hydrogen (secondary N) is 1. The van der Waals surface area contributed by atoms with Crippen molar-refractivity contribution in [2.45, 2.75) is 12.8 Å². The maximum Gasteiger partial charge on any atom is 0.508 e. The number of anilines is 3. The summed E-state index contributed by atoms with van der Waals surface area (Å²) in [5, 5.41) is 3.21. The van der Waals surface area contributed by atoms with Gasteiger partial charge in [0.15, 0.2) is 0 Å². The molecule has 0 fully saturated rings. The molecule has 0 aliphatic heterocycles. The Bertz CT molecular complexity index is 1110. The molecule has 0 radical (unpaired) electrons. The van der Waals surface area contributed by atoms with Crippen molar-refractivity contribution >= 4 is 29.2 Å². The van der Waals surface area contributed by atoms with Crippen LogP contribution in [0.4, 0.5) is 21.9 Å². The predicted octanol–water partition coefficient (Wildman–Crippen LogP) is 4.72. The van der Waals surface area contributed by atoms with Crippen molar-refractivity contribution in [3.05, 3.63) is 102 Å². The summed E-state index contributed by atoms with van der Waals surface area (Å²) in [4.78, 5) is 22.9. The first-order valence-corrected chi connectivity index (χ1v) is 11.5. The Morgan fingerprint density at radius 3 is 1.69 bits per heavy atom. The highest BCUT2D eigenvalue weighted by Gasteiger charge is 2.17. The lowest BCUT2D eigenvalue weighted by molar-refractivity contribution is -0.140. The summed E-state index contributed by atoms with van der Waals surface area (Å²) < 4.78 is 14.7. The van der Waals surface area contributed by atoms with Crippen LogP contribution in [0.15, 0.2) is 84.9 Å². The Hall–Kier alpha value is -4.46. The van der Waals surface area contributed by atoms with Crippen LogP contribution in [-0.2, 0) is 19.0 Å². The van der Waals surface area contributed by atoms with Gasteiger partial charge in [0.05, 0.1) is 0 Å². The summed E-state index contributed by atoms with van der Waals surface area (Å²) in [6.07, 6.45) is -0.826. The van der Waals surface area contributed by atoms with Gasteiger partial charge in [-0.3, -0.25) is 0 Å². The van der Waals surface area contributed by atoms with Gasteiger partial charge in [0.1, 0.15) is 19.8 Å². The summed E-state index contributed by atoms with van der Waals surface area (Å²) in [6, 6.07) is 23.8. The zero-order chi connectivity index (χ0) is 25.9. The van der Waals surface area contributed by atoms with Crippen molar-refractivity contribution in [1.82, 2.24) is 0 Å². The maximum atomic E-state index is 11.6. The van der Waals surface area contributed by atoms with E-state index < -0.39 is 12.1 Å². The summed E-state index contributed by atoms with van der Waals surface area (Å²) >= 11 is 0. The topological polar surface area (TPSA) is 126 Å². The van der Waals surface area contributed by atoms with E-state index in [9.17, 15) is 9.59 Å². The number of ether oxygens (including phenoxy) is 3. The highest BCUT2D eigenvalue weighted by molar-refractivity contribution is 5.86. The van der Waals surface area contributed by atoms with E-state index in [1.165, 1.54) is 6.92 Å². The third-order valence-electron chi connectivity index (χ3n) is 5.32. The van der Waals surface area contributed by atoms with E-state index in [-0.39, 0.29) is 31.3 Å². The van der Waals surface area contributed by atoms with Crippen LogP contribution in [0, 0.1) is 0 Å². The van der Waals surface area contributed by atoms with Gasteiger partial charge in [-0.15, -0.1) is 0 Å². The van der Waals surface area contributed by atoms with E-state index in [1.54, 1.807) is 0 Å². The standard InChI is InChI=1S/C28H31N3O5/c1-19(2)27(32)34-17-18-36-28(33)35-16-15-31-25-13-7-22(8-14-25)26(20-3-9-23(29)10-4-20)21-5-11-24(30)12-6-21/h3-14,26,31H,1,15-18,29-30H2,2H3. The second-order valence-electron chi connectivity index (χ2n) is 8.18. The molecule has 0 saturated heterocycles. The van der Waals surface area contributed by atoms with Crippen LogP contribution in [0.3, 0.4) is 0 Å². The Morgan fingerprint density at radius 2 is 1.19 bits per heavy atom. The third-order valence-corrected chi connectivity index (χ3v) is 5.32. The Kier molecular flexibility index (Phi) is 9.33. The average Bonchev–Trinajstić information content (AvgIpc) is 2.87. The molecular weight excluding hydrogens is 458 g/mol. The van der Waals surface area contributed by atoms with Gasteiger partial charge in [-0.25, -0.2) is 9.59 Å². The van der Waals surface area contributed by atoms with Crippen molar-refractivity contribution in [1.29, 1.82) is 0 Å². The lowest BCUT2D eigenvalue weighted by Crippen LogP contribution is -2.18. The van der Waals surface area contributed by atoms with Crippen LogP contribution in [0.2, 0.25) is 0 Å². The number of hydrogen-bond acceptors (Lipinski definition) is 8. The van der Waals surface area contributed by atoms with Gasteiger partial charge >= 0.3 is 12.1 Å². The highest BCUT2D eigenvalue weighted by atomic mass is 16.7. The Morgan fingerprint density at radius 1 is 0.750 bits per heavy atom. The molecule has 0 aliphatic carbocycles. The zero-order valence-electron chi connectivity index (χ0n) is 20.2. The number of nitrogens with two attached hydrogens (primary N) is 2. The number of hydrogen-bond donors (Lipinski definition) is 3. The lowest BCUT2D eigenvalue weighted by atomic mass is 9.85. The fraction of sp³-hybridized carbons (Fsp3) is 0.214. The van der Waals surface area contributed by atoms with Crippen LogP contribution in [0.25, 0.3) is 0 Å². The number of carbonyl (C=O) groups is 2. The number of rotatable bonds is 11. The normalized spacial score (nSPS) is 10.5. The summed E-state index contributed by atoms with van der Waals surface area (Å²) in [5.74, 6) is -0.511. The van der Waals surface area contributed by atoms with Gasteiger partial charge in [0.25, 0.3) is 0 Å². The minimum absolute atomic E-state index is 0.0213. The maximum absolute atomic E-state index is 11.6. The van der Waals surface area contributed by atoms with E-state index in [0.29, 0.717) is 17.9 Å². The molecule has 0 atom stereocenters. The molecule has 36 heavy (non-hydrogen) atoms. The van der Waals surface area contributed by atoms with E-state index in [4.69, 9.17) is 25.7 Å². The van der Waals surface area contributed by atoms with Crippen molar-refractivity contribution in [3.8, 4) is 0 Å². The molecule has 3 rings (SSSR count). The van der Waals surface area contributed by atoms with Gasteiger partial charge in [0, 0.05) is 35.1 Å². The third kappa shape index (κ3) is 7.80. The second-order valence-corrected chi connectivity index (χ2v) is 8.18. The van der Waals surface area contributed by atoms with Gasteiger partial charge in [-0.1, -0.05) is 43.0 Å². The fourth-order valence-electron chi connectivity index (χ4n) is 3.50. The van der Waals surface area contributed by atoms with Crippen molar-refractivity contribution in [2.24, 2.45) is 0 Å². The monoisotopic (exact) mass is 489 g/mol. The molecule has 0 aliphatic rings. The van der Waals surface area contributed by atoms with E-state index >= 15 is 0 Å². The lowest BCUT2D eigenvalue weighted by Gasteiger charge is -2.20. The van der Waals surface area contributed by atoms with Gasteiger partial charge < -0.3 is 31.0 Å². The average molecular weight is 490 g/mol. The molecule has 8 heteroatoms.